The molecule has 2 aliphatic heterocycles. The van der Waals surface area contributed by atoms with Crippen molar-refractivity contribution < 1.29 is 0 Å². The summed E-state index contributed by atoms with van der Waals surface area (Å²) >= 11 is 0. The van der Waals surface area contributed by atoms with Crippen molar-refractivity contribution >= 4 is 0 Å². The summed E-state index contributed by atoms with van der Waals surface area (Å²) in [7, 11) is 0. The first-order valence-corrected chi connectivity index (χ1v) is 9.93. The van der Waals surface area contributed by atoms with E-state index in [4.69, 9.17) is 5.73 Å². The maximum atomic E-state index is 5.96. The molecule has 0 aromatic rings. The molecule has 2 saturated heterocycles. The van der Waals surface area contributed by atoms with Crippen molar-refractivity contribution in [1.29, 1.82) is 0 Å². The predicted molar refractivity (Wildman–Crippen MR) is 102 cm³/mol. The highest BCUT2D eigenvalue weighted by molar-refractivity contribution is 5.26. The third-order valence-electron chi connectivity index (χ3n) is 6.43. The Morgan fingerprint density at radius 2 is 1.54 bits per heavy atom. The smallest absolute Gasteiger partial charge is 0.101 e. The number of hydrogen-bond acceptors (Lipinski definition) is 3. The number of hydrogen-bond donors (Lipinski definition) is 1. The zero-order valence-corrected chi connectivity index (χ0v) is 15.3. The quantitative estimate of drug-likeness (QED) is 0.819. The van der Waals surface area contributed by atoms with Crippen LogP contribution in [0, 0.1) is 11.8 Å². The monoisotopic (exact) mass is 329 g/mol. The molecule has 2 heterocycles. The Morgan fingerprint density at radius 3 is 2.17 bits per heavy atom. The van der Waals surface area contributed by atoms with E-state index >= 15 is 0 Å². The molecule has 0 spiro atoms. The number of nitrogens with zero attached hydrogens (tertiary/aromatic N) is 2. The Bertz CT molecular complexity index is 487. The van der Waals surface area contributed by atoms with E-state index in [-0.39, 0.29) is 6.04 Å². The molecular weight excluding hydrogens is 294 g/mol. The molecule has 2 atom stereocenters. The van der Waals surface area contributed by atoms with Crippen LogP contribution in [0.25, 0.3) is 0 Å². The van der Waals surface area contributed by atoms with Crippen LogP contribution in [0.2, 0.25) is 0 Å². The summed E-state index contributed by atoms with van der Waals surface area (Å²) in [5.41, 5.74) is 7.82. The second-order valence-electron chi connectivity index (χ2n) is 8.10. The lowest BCUT2D eigenvalue weighted by Crippen LogP contribution is -2.52. The molecule has 3 heteroatoms. The molecule has 134 valence electrons. The fraction of sp³-hybridized carbons (Fsp3) is 0.714. The highest BCUT2D eigenvalue weighted by Gasteiger charge is 2.37. The molecule has 0 radical (unpaired) electrons. The topological polar surface area (TPSA) is 32.5 Å². The summed E-state index contributed by atoms with van der Waals surface area (Å²) in [5.74, 6) is 2.85. The minimum atomic E-state index is 0.201. The third kappa shape index (κ3) is 3.65. The molecule has 1 saturated carbocycles. The number of likely N-dealkylation sites (tertiary alicyclic amines) is 2. The molecule has 0 amide bonds. The van der Waals surface area contributed by atoms with Crippen LogP contribution in [0.3, 0.4) is 0 Å². The van der Waals surface area contributed by atoms with Gasteiger partial charge >= 0.3 is 0 Å². The molecule has 3 aliphatic rings. The maximum Gasteiger partial charge on any atom is 0.101 e. The molecule has 0 aromatic carbocycles. The van der Waals surface area contributed by atoms with Crippen molar-refractivity contribution in [3.63, 3.8) is 0 Å². The van der Waals surface area contributed by atoms with Gasteiger partial charge in [0.2, 0.25) is 0 Å². The lowest BCUT2D eigenvalue weighted by Gasteiger charge is -2.50. The summed E-state index contributed by atoms with van der Waals surface area (Å²) < 4.78 is 0. The zero-order chi connectivity index (χ0) is 17.1. The van der Waals surface area contributed by atoms with Crippen molar-refractivity contribution in [3.05, 3.63) is 37.0 Å². The van der Waals surface area contributed by atoms with Crippen LogP contribution in [0.4, 0.5) is 0 Å². The van der Waals surface area contributed by atoms with Crippen LogP contribution in [0.15, 0.2) is 37.0 Å². The fourth-order valence-electron chi connectivity index (χ4n) is 4.92. The van der Waals surface area contributed by atoms with E-state index in [0.717, 1.165) is 48.6 Å². The largest absolute Gasteiger partial charge is 0.401 e. The number of piperidine rings is 1. The summed E-state index contributed by atoms with van der Waals surface area (Å²) in [4.78, 5) is 4.70. The minimum absolute atomic E-state index is 0.201. The van der Waals surface area contributed by atoms with E-state index < -0.39 is 0 Å². The molecule has 3 rings (SSSR count). The first-order chi connectivity index (χ1) is 11.6. The van der Waals surface area contributed by atoms with Crippen molar-refractivity contribution in [2.45, 2.75) is 70.3 Å². The lowest BCUT2D eigenvalue weighted by molar-refractivity contribution is 0.0946. The summed E-state index contributed by atoms with van der Waals surface area (Å²) in [6.45, 7) is 14.8. The van der Waals surface area contributed by atoms with Crippen molar-refractivity contribution in [2.75, 3.05) is 13.1 Å². The number of rotatable bonds is 4. The van der Waals surface area contributed by atoms with Crippen LogP contribution in [0.5, 0.6) is 0 Å². The molecular formula is C21H35N3. The van der Waals surface area contributed by atoms with Gasteiger partial charge in [-0.1, -0.05) is 64.7 Å². The lowest BCUT2D eigenvalue weighted by atomic mass is 9.78. The van der Waals surface area contributed by atoms with E-state index in [1.54, 1.807) is 0 Å². The summed E-state index contributed by atoms with van der Waals surface area (Å²) in [5, 5.41) is 0. The van der Waals surface area contributed by atoms with E-state index in [2.05, 4.69) is 29.5 Å². The van der Waals surface area contributed by atoms with Crippen LogP contribution in [0.1, 0.15) is 64.2 Å². The average Bonchev–Trinajstić information content (AvgIpc) is 2.52. The third-order valence-corrected chi connectivity index (χ3v) is 6.43. The molecule has 2 unspecified atom stereocenters. The van der Waals surface area contributed by atoms with Gasteiger partial charge in [0.15, 0.2) is 0 Å². The second-order valence-corrected chi connectivity index (χ2v) is 8.10. The summed E-state index contributed by atoms with van der Waals surface area (Å²) in [6.07, 6.45) is 13.7. The van der Waals surface area contributed by atoms with E-state index in [0.29, 0.717) is 0 Å². The molecule has 1 aliphatic carbocycles. The van der Waals surface area contributed by atoms with Gasteiger partial charge in [-0.3, -0.25) is 0 Å². The van der Waals surface area contributed by atoms with Gasteiger partial charge in [0.1, 0.15) is 5.82 Å². The Hall–Kier alpha value is -1.38. The van der Waals surface area contributed by atoms with Crippen molar-refractivity contribution in [2.24, 2.45) is 17.6 Å². The Labute approximate surface area is 148 Å². The molecule has 0 bridgehead atoms. The van der Waals surface area contributed by atoms with Crippen LogP contribution in [-0.4, -0.2) is 28.9 Å². The Kier molecular flexibility index (Phi) is 5.57. The Morgan fingerprint density at radius 1 is 0.917 bits per heavy atom. The molecule has 3 nitrogen and oxygen atoms in total. The van der Waals surface area contributed by atoms with Gasteiger partial charge in [-0.25, -0.2) is 0 Å². The zero-order valence-electron chi connectivity index (χ0n) is 15.3. The van der Waals surface area contributed by atoms with Crippen molar-refractivity contribution in [1.82, 2.24) is 9.80 Å². The van der Waals surface area contributed by atoms with E-state index in [1.165, 1.54) is 57.8 Å². The van der Waals surface area contributed by atoms with Crippen LogP contribution in [-0.2, 0) is 0 Å². The van der Waals surface area contributed by atoms with Gasteiger partial charge in [0.25, 0.3) is 0 Å². The second kappa shape index (κ2) is 7.67. The highest BCUT2D eigenvalue weighted by Crippen LogP contribution is 2.39. The van der Waals surface area contributed by atoms with Gasteiger partial charge in [-0.15, -0.1) is 0 Å². The SMILES string of the molecule is C=C(N)C1CC(=C)N1C(=C)N1CCCC(C2CCCCCCC2)C1. The van der Waals surface area contributed by atoms with Crippen molar-refractivity contribution in [3.8, 4) is 0 Å². The number of nitrogens with two attached hydrogens (primary N) is 1. The van der Waals surface area contributed by atoms with Gasteiger partial charge in [0.05, 0.1) is 6.04 Å². The van der Waals surface area contributed by atoms with Gasteiger partial charge in [-0.2, -0.15) is 0 Å². The van der Waals surface area contributed by atoms with Gasteiger partial charge in [-0.05, 0) is 24.7 Å². The van der Waals surface area contributed by atoms with Gasteiger partial charge < -0.3 is 15.5 Å². The van der Waals surface area contributed by atoms with Crippen LogP contribution < -0.4 is 5.73 Å². The molecule has 2 N–H and O–H groups in total. The molecule has 24 heavy (non-hydrogen) atoms. The van der Waals surface area contributed by atoms with E-state index in [1.807, 2.05) is 0 Å². The minimum Gasteiger partial charge on any atom is -0.401 e. The van der Waals surface area contributed by atoms with Crippen LogP contribution >= 0.6 is 0 Å². The molecule has 0 aromatic heterocycles. The molecule has 3 fully saturated rings. The predicted octanol–water partition coefficient (Wildman–Crippen LogP) is 4.59. The summed E-state index contributed by atoms with van der Waals surface area (Å²) in [6, 6.07) is 0.201. The highest BCUT2D eigenvalue weighted by atomic mass is 15.4. The first-order valence-electron chi connectivity index (χ1n) is 9.93. The van der Waals surface area contributed by atoms with Gasteiger partial charge in [0, 0.05) is 30.9 Å². The average molecular weight is 330 g/mol. The first kappa shape index (κ1) is 17.4. The normalized spacial score (nSPS) is 29.6. The Balaban J connectivity index is 1.61. The maximum absolute atomic E-state index is 5.96. The fourth-order valence-corrected chi connectivity index (χ4v) is 4.92. The standard InChI is InChI=1S/C21H35N3/c1-16-14-21(17(2)22)24(16)18(3)23-13-9-12-20(15-23)19-10-7-5-4-6-8-11-19/h19-21H,1-15,22H2. The van der Waals surface area contributed by atoms with E-state index in [9.17, 15) is 0 Å².